The predicted octanol–water partition coefficient (Wildman–Crippen LogP) is 6.12. The summed E-state index contributed by atoms with van der Waals surface area (Å²) < 4.78 is 22.5. The molecule has 4 amide bonds. The van der Waals surface area contributed by atoms with Gasteiger partial charge in [0.15, 0.2) is 6.61 Å². The first-order valence-corrected chi connectivity index (χ1v) is 15.2. The molecule has 1 heterocycles. The van der Waals surface area contributed by atoms with E-state index in [9.17, 15) is 29.3 Å². The van der Waals surface area contributed by atoms with Gasteiger partial charge in [0.05, 0.1) is 10.6 Å². The van der Waals surface area contributed by atoms with Crippen molar-refractivity contribution in [1.82, 2.24) is 5.32 Å². The molecule has 248 valence electrons. The van der Waals surface area contributed by atoms with E-state index in [4.69, 9.17) is 18.9 Å². The van der Waals surface area contributed by atoms with Crippen molar-refractivity contribution in [3.05, 3.63) is 75.8 Å². The lowest BCUT2D eigenvalue weighted by molar-refractivity contribution is -0.384. The summed E-state index contributed by atoms with van der Waals surface area (Å²) in [5.41, 5.74) is 0.996. The number of rotatable bonds is 11. The van der Waals surface area contributed by atoms with Gasteiger partial charge in [-0.05, 0) is 100.0 Å². The predicted molar refractivity (Wildman–Crippen MR) is 175 cm³/mol. The van der Waals surface area contributed by atoms with Crippen LogP contribution in [0.25, 0.3) is 0 Å². The Morgan fingerprint density at radius 1 is 0.957 bits per heavy atom. The van der Waals surface area contributed by atoms with E-state index in [-0.39, 0.29) is 23.7 Å². The Hall–Kier alpha value is -5.31. The van der Waals surface area contributed by atoms with Crippen LogP contribution in [0.5, 0.6) is 23.0 Å². The first-order valence-electron chi connectivity index (χ1n) is 14.3. The second-order valence-electron chi connectivity index (χ2n) is 11.5. The van der Waals surface area contributed by atoms with Gasteiger partial charge in [-0.15, -0.1) is 0 Å². The van der Waals surface area contributed by atoms with Gasteiger partial charge in [-0.3, -0.25) is 35.1 Å². The van der Waals surface area contributed by atoms with Gasteiger partial charge < -0.3 is 23.8 Å². The van der Waals surface area contributed by atoms with Crippen LogP contribution in [0, 0.1) is 24.0 Å². The number of hydrogen-bond donors (Lipinski definition) is 2. The summed E-state index contributed by atoms with van der Waals surface area (Å²) >= 11 is 0.859. The summed E-state index contributed by atoms with van der Waals surface area (Å²) in [4.78, 5) is 60.6. The van der Waals surface area contributed by atoms with Crippen LogP contribution in [0.2, 0.25) is 0 Å². The highest BCUT2D eigenvalue weighted by atomic mass is 32.2. The molecule has 4 rings (SSSR count). The summed E-state index contributed by atoms with van der Waals surface area (Å²) in [5, 5.41) is 15.7. The average Bonchev–Trinajstić information content (AvgIpc) is 3.32. The fourth-order valence-corrected chi connectivity index (χ4v) is 5.11. The number of carbonyl (C=O) groups excluding carboxylic acids is 4. The van der Waals surface area contributed by atoms with Crippen molar-refractivity contribution < 1.29 is 43.0 Å². The van der Waals surface area contributed by atoms with E-state index < -0.39 is 45.5 Å². The summed E-state index contributed by atoms with van der Waals surface area (Å²) in [7, 11) is 1.39. The number of imide groups is 1. The topological polar surface area (TPSA) is 176 Å². The van der Waals surface area contributed by atoms with E-state index in [1.807, 2.05) is 0 Å². The van der Waals surface area contributed by atoms with E-state index in [1.54, 1.807) is 71.0 Å². The second-order valence-corrected chi connectivity index (χ2v) is 12.7. The summed E-state index contributed by atoms with van der Waals surface area (Å²) in [6.45, 7) is 8.46. The molecule has 2 N–H and O–H groups in total. The quantitative estimate of drug-likeness (QED) is 0.178. The molecule has 14 nitrogen and oxygen atoms in total. The Bertz CT molecular complexity index is 1680. The third-order valence-electron chi connectivity index (χ3n) is 6.60. The molecule has 1 saturated heterocycles. The number of benzene rings is 3. The summed E-state index contributed by atoms with van der Waals surface area (Å²) in [5.74, 6) is 0.450. The Kier molecular flexibility index (Phi) is 10.6. The zero-order chi connectivity index (χ0) is 34.5. The molecule has 15 heteroatoms. The van der Waals surface area contributed by atoms with Crippen molar-refractivity contribution in [2.45, 2.75) is 45.5 Å². The molecule has 1 aliphatic rings. The number of carbonyl (C=O) groups is 4. The number of thioether (sulfide) groups is 1. The van der Waals surface area contributed by atoms with E-state index in [0.717, 1.165) is 16.7 Å². The summed E-state index contributed by atoms with van der Waals surface area (Å²) in [6.07, 6.45) is -0.592. The molecule has 0 aliphatic carbocycles. The molecule has 3 aromatic rings. The highest BCUT2D eigenvalue weighted by Gasteiger charge is 2.32. The van der Waals surface area contributed by atoms with Gasteiger partial charge in [0.2, 0.25) is 5.91 Å². The van der Waals surface area contributed by atoms with Gasteiger partial charge in [0, 0.05) is 19.2 Å². The molecule has 1 fully saturated rings. The standard InChI is InChI=1S/C32H34N4O10S/c1-18-13-23(14-19(2)28(18)33-30(39)46-32(3,4)5)45-22-11-12-24(36(41)42)25(15-22)35(6)27(37)17-44-21-9-7-20(8-10-21)43-16-26-29(38)34-31(40)47-26/h7-15,26H,16-17H2,1-6H3,(H,33,39)(H,34,38,40). The number of likely N-dealkylation sites (N-methyl/N-ethyl adjacent to an activating group) is 1. The molecule has 1 atom stereocenters. The van der Waals surface area contributed by atoms with Gasteiger partial charge in [-0.1, -0.05) is 0 Å². The molecule has 0 spiro atoms. The van der Waals surface area contributed by atoms with Crippen molar-refractivity contribution in [3.63, 3.8) is 0 Å². The lowest BCUT2D eigenvalue weighted by Gasteiger charge is -2.21. The number of anilines is 2. The second kappa shape index (κ2) is 14.4. The fraction of sp³-hybridized carbons (Fsp3) is 0.312. The number of nitrogens with zero attached hydrogens (tertiary/aromatic N) is 2. The van der Waals surface area contributed by atoms with Crippen molar-refractivity contribution in [1.29, 1.82) is 0 Å². The van der Waals surface area contributed by atoms with Crippen LogP contribution in [0.1, 0.15) is 31.9 Å². The van der Waals surface area contributed by atoms with Gasteiger partial charge >= 0.3 is 6.09 Å². The molecule has 0 saturated carbocycles. The van der Waals surface area contributed by atoms with Gasteiger partial charge in [-0.2, -0.15) is 0 Å². The lowest BCUT2D eigenvalue weighted by Crippen LogP contribution is -2.31. The van der Waals surface area contributed by atoms with Gasteiger partial charge in [0.1, 0.15) is 46.1 Å². The van der Waals surface area contributed by atoms with Crippen LogP contribution in [-0.4, -0.2) is 59.2 Å². The van der Waals surface area contributed by atoms with Crippen molar-refractivity contribution in [2.75, 3.05) is 30.5 Å². The molecule has 1 aliphatic heterocycles. The maximum absolute atomic E-state index is 13.0. The molecule has 0 radical (unpaired) electrons. The number of nitrogens with one attached hydrogen (secondary N) is 2. The van der Waals surface area contributed by atoms with E-state index in [0.29, 0.717) is 34.1 Å². The molecule has 1 unspecified atom stereocenters. The van der Waals surface area contributed by atoms with Crippen LogP contribution >= 0.6 is 11.8 Å². The maximum Gasteiger partial charge on any atom is 0.412 e. The smallest absolute Gasteiger partial charge is 0.412 e. The Morgan fingerprint density at radius 2 is 1.55 bits per heavy atom. The molecular weight excluding hydrogens is 632 g/mol. The Balaban J connectivity index is 1.40. The average molecular weight is 667 g/mol. The molecule has 47 heavy (non-hydrogen) atoms. The molecule has 0 bridgehead atoms. The van der Waals surface area contributed by atoms with Crippen LogP contribution < -0.4 is 29.7 Å². The minimum absolute atomic E-state index is 0.00309. The lowest BCUT2D eigenvalue weighted by atomic mass is 10.1. The number of nitro groups is 1. The Morgan fingerprint density at radius 3 is 2.11 bits per heavy atom. The maximum atomic E-state index is 13.0. The monoisotopic (exact) mass is 666 g/mol. The third-order valence-corrected chi connectivity index (χ3v) is 7.55. The largest absolute Gasteiger partial charge is 0.492 e. The van der Waals surface area contributed by atoms with Crippen LogP contribution in [-0.2, 0) is 14.3 Å². The first-order chi connectivity index (χ1) is 22.1. The van der Waals surface area contributed by atoms with Crippen molar-refractivity contribution >= 4 is 52.0 Å². The highest BCUT2D eigenvalue weighted by molar-refractivity contribution is 8.15. The summed E-state index contributed by atoms with van der Waals surface area (Å²) in [6, 6.07) is 13.7. The van der Waals surface area contributed by atoms with Crippen molar-refractivity contribution in [2.24, 2.45) is 0 Å². The van der Waals surface area contributed by atoms with Crippen molar-refractivity contribution in [3.8, 4) is 23.0 Å². The normalized spacial score (nSPS) is 14.2. The van der Waals surface area contributed by atoms with Crippen LogP contribution in [0.3, 0.4) is 0 Å². The molecule has 3 aromatic carbocycles. The zero-order valence-electron chi connectivity index (χ0n) is 26.6. The minimum atomic E-state index is -0.661. The van der Waals surface area contributed by atoms with Crippen LogP contribution in [0.4, 0.5) is 26.7 Å². The van der Waals surface area contributed by atoms with Crippen LogP contribution in [0.15, 0.2) is 54.6 Å². The zero-order valence-corrected chi connectivity index (χ0v) is 27.4. The number of ether oxygens (including phenoxy) is 4. The third kappa shape index (κ3) is 9.36. The fourth-order valence-electron chi connectivity index (χ4n) is 4.39. The molecule has 0 aromatic heterocycles. The number of hydrogen-bond acceptors (Lipinski definition) is 11. The van der Waals surface area contributed by atoms with Gasteiger partial charge in [0.25, 0.3) is 16.8 Å². The first kappa shape index (κ1) is 34.6. The SMILES string of the molecule is Cc1cc(Oc2ccc([N+](=O)[O-])c(N(C)C(=O)COc3ccc(OCC4SC(=O)NC4=O)cc3)c2)cc(C)c1NC(=O)OC(C)(C)C. The van der Waals surface area contributed by atoms with E-state index in [1.165, 1.54) is 25.2 Å². The number of nitro benzene ring substituents is 1. The minimum Gasteiger partial charge on any atom is -0.492 e. The number of aryl methyl sites for hydroxylation is 2. The highest BCUT2D eigenvalue weighted by Crippen LogP contribution is 2.35. The Labute approximate surface area is 274 Å². The van der Waals surface area contributed by atoms with E-state index in [2.05, 4.69) is 10.6 Å². The molecular formula is C32H34N4O10S. The van der Waals surface area contributed by atoms with Gasteiger partial charge in [-0.25, -0.2) is 4.79 Å². The number of amides is 4. The van der Waals surface area contributed by atoms with E-state index >= 15 is 0 Å².